The highest BCUT2D eigenvalue weighted by molar-refractivity contribution is 6.41. The quantitative estimate of drug-likeness (QED) is 0.301. The Balaban J connectivity index is 1.68. The predicted molar refractivity (Wildman–Crippen MR) is 142 cm³/mol. The van der Waals surface area contributed by atoms with Crippen LogP contribution in [0.3, 0.4) is 0 Å². The number of carbonyl (C=O) groups is 2. The first-order valence-electron chi connectivity index (χ1n) is 11.6. The number of ether oxygens (including phenoxy) is 1. The Morgan fingerprint density at radius 1 is 1.32 bits per heavy atom. The van der Waals surface area contributed by atoms with Crippen molar-refractivity contribution in [1.29, 1.82) is 0 Å². The van der Waals surface area contributed by atoms with E-state index in [1.165, 1.54) is 4.90 Å². The minimum absolute atomic E-state index is 0.0504. The number of aromatic nitrogens is 4. The summed E-state index contributed by atoms with van der Waals surface area (Å²) in [7, 11) is 5.46. The first-order valence-corrected chi connectivity index (χ1v) is 12.0. The first-order chi connectivity index (χ1) is 17.6. The number of carbonyl (C=O) groups excluding carboxylic acids is 2. The second-order valence-corrected chi connectivity index (χ2v) is 9.33. The number of fused-ring (bicyclic) bond motifs is 1. The minimum Gasteiger partial charge on any atom is -0.496 e. The summed E-state index contributed by atoms with van der Waals surface area (Å²) < 4.78 is 5.51. The lowest BCUT2D eigenvalue weighted by molar-refractivity contribution is -0.113. The molecule has 3 aromatic rings. The van der Waals surface area contributed by atoms with E-state index in [0.717, 1.165) is 17.7 Å². The molecule has 0 fully saturated rings. The summed E-state index contributed by atoms with van der Waals surface area (Å²) in [6.45, 7) is 5.15. The molecule has 0 radical (unpaired) electrons. The highest BCUT2D eigenvalue weighted by atomic mass is 35.5. The topological polar surface area (TPSA) is 142 Å². The summed E-state index contributed by atoms with van der Waals surface area (Å²) in [5.74, 6) is 0.388. The molecule has 4 heterocycles. The molecule has 1 aliphatic rings. The second kappa shape index (κ2) is 10.6. The third kappa shape index (κ3) is 5.27. The zero-order valence-corrected chi connectivity index (χ0v) is 22.1. The van der Waals surface area contributed by atoms with E-state index in [-0.39, 0.29) is 35.0 Å². The summed E-state index contributed by atoms with van der Waals surface area (Å²) in [4.78, 5) is 45.5. The molecule has 194 valence electrons. The number of hydrogen-bond donors (Lipinski definition) is 3. The van der Waals surface area contributed by atoms with Gasteiger partial charge in [0.15, 0.2) is 5.82 Å². The molecule has 11 nitrogen and oxygen atoms in total. The minimum atomic E-state index is -0.343. The van der Waals surface area contributed by atoms with Crippen LogP contribution < -0.4 is 20.7 Å². The molecular weight excluding hydrogens is 496 g/mol. The smallest absolute Gasteiger partial charge is 0.260 e. The van der Waals surface area contributed by atoms with Gasteiger partial charge >= 0.3 is 0 Å². The van der Waals surface area contributed by atoms with Gasteiger partial charge in [-0.1, -0.05) is 11.6 Å². The molecule has 1 aliphatic heterocycles. The Kier molecular flexibility index (Phi) is 7.46. The standard InChI is InChI=1S/C25H29ClN8O3/c1-13-10-30-18(14(2)20(13)37-5)12-34-22-19(21(26)31-25(27)32-22)17(24(34)36)9-16-8-15(11-29-16)23(35)28-6-7-33(3)4/h8-11,29H,6-7,12H2,1-5H3,(H,28,35)(H2,27,31,32)/b17-9+. The number of H-pyrrole nitrogens is 1. The molecule has 4 N–H and O–H groups in total. The van der Waals surface area contributed by atoms with Crippen molar-refractivity contribution in [3.05, 3.63) is 57.3 Å². The summed E-state index contributed by atoms with van der Waals surface area (Å²) in [5, 5.41) is 2.92. The average molecular weight is 525 g/mol. The van der Waals surface area contributed by atoms with E-state index in [1.54, 1.807) is 31.6 Å². The summed E-state index contributed by atoms with van der Waals surface area (Å²) in [6, 6.07) is 1.66. The van der Waals surface area contributed by atoms with Crippen LogP contribution in [0.5, 0.6) is 5.75 Å². The van der Waals surface area contributed by atoms with Crippen LogP contribution in [-0.2, 0) is 11.3 Å². The fourth-order valence-electron chi connectivity index (χ4n) is 4.15. The summed E-state index contributed by atoms with van der Waals surface area (Å²) in [6.07, 6.45) is 4.91. The van der Waals surface area contributed by atoms with Crippen molar-refractivity contribution in [1.82, 2.24) is 30.2 Å². The van der Waals surface area contributed by atoms with Crippen molar-refractivity contribution in [2.24, 2.45) is 0 Å². The maximum Gasteiger partial charge on any atom is 0.260 e. The van der Waals surface area contributed by atoms with Crippen molar-refractivity contribution >= 4 is 46.8 Å². The van der Waals surface area contributed by atoms with Crippen LogP contribution in [0.4, 0.5) is 11.8 Å². The fraction of sp³-hybridized carbons (Fsp3) is 0.320. The number of anilines is 2. The van der Waals surface area contributed by atoms with Gasteiger partial charge in [0.2, 0.25) is 5.95 Å². The maximum atomic E-state index is 13.6. The van der Waals surface area contributed by atoms with Gasteiger partial charge in [0.25, 0.3) is 11.8 Å². The van der Waals surface area contributed by atoms with E-state index in [1.807, 2.05) is 32.8 Å². The van der Waals surface area contributed by atoms with E-state index in [0.29, 0.717) is 40.6 Å². The number of likely N-dealkylation sites (N-methyl/N-ethyl adjacent to an activating group) is 1. The molecule has 37 heavy (non-hydrogen) atoms. The van der Waals surface area contributed by atoms with E-state index < -0.39 is 0 Å². The number of aryl methyl sites for hydroxylation is 1. The zero-order chi connectivity index (χ0) is 26.9. The molecule has 0 atom stereocenters. The molecule has 0 spiro atoms. The third-order valence-corrected chi connectivity index (χ3v) is 6.31. The van der Waals surface area contributed by atoms with Crippen LogP contribution in [-0.4, -0.2) is 70.9 Å². The Morgan fingerprint density at radius 2 is 2.08 bits per heavy atom. The predicted octanol–water partition coefficient (Wildman–Crippen LogP) is 2.44. The number of pyridine rings is 1. The molecule has 0 unspecified atom stereocenters. The lowest BCUT2D eigenvalue weighted by atomic mass is 10.1. The lowest BCUT2D eigenvalue weighted by Crippen LogP contribution is -2.31. The molecule has 2 amide bonds. The molecule has 4 rings (SSSR count). The number of hydrogen-bond acceptors (Lipinski definition) is 8. The van der Waals surface area contributed by atoms with Crippen LogP contribution >= 0.6 is 11.6 Å². The number of halogens is 1. The number of nitrogens with two attached hydrogens (primary N) is 1. The van der Waals surface area contributed by atoms with Gasteiger partial charge in [0, 0.05) is 42.3 Å². The van der Waals surface area contributed by atoms with E-state index >= 15 is 0 Å². The number of nitrogens with one attached hydrogen (secondary N) is 2. The molecule has 12 heteroatoms. The molecule has 3 aromatic heterocycles. The zero-order valence-electron chi connectivity index (χ0n) is 21.3. The van der Waals surface area contributed by atoms with Gasteiger partial charge in [0.05, 0.1) is 36.0 Å². The largest absolute Gasteiger partial charge is 0.496 e. The Labute approximate surface area is 219 Å². The average Bonchev–Trinajstić information content (AvgIpc) is 3.40. The molecule has 0 aromatic carbocycles. The number of nitrogens with zero attached hydrogens (tertiary/aromatic N) is 5. The number of amides is 2. The van der Waals surface area contributed by atoms with Gasteiger partial charge in [-0.05, 0) is 40.1 Å². The van der Waals surface area contributed by atoms with Gasteiger partial charge in [-0.15, -0.1) is 0 Å². The monoisotopic (exact) mass is 524 g/mol. The lowest BCUT2D eigenvalue weighted by Gasteiger charge is -2.19. The Morgan fingerprint density at radius 3 is 2.78 bits per heavy atom. The van der Waals surface area contributed by atoms with Crippen LogP contribution in [0.1, 0.15) is 38.4 Å². The van der Waals surface area contributed by atoms with Gasteiger partial charge in [0.1, 0.15) is 10.9 Å². The van der Waals surface area contributed by atoms with Gasteiger partial charge in [-0.25, -0.2) is 4.98 Å². The highest BCUT2D eigenvalue weighted by Gasteiger charge is 2.37. The van der Waals surface area contributed by atoms with E-state index in [9.17, 15) is 9.59 Å². The fourth-order valence-corrected chi connectivity index (χ4v) is 4.42. The highest BCUT2D eigenvalue weighted by Crippen LogP contribution is 2.41. The molecule has 0 saturated heterocycles. The van der Waals surface area contributed by atoms with Crippen molar-refractivity contribution in [2.45, 2.75) is 20.4 Å². The number of rotatable bonds is 8. The summed E-state index contributed by atoms with van der Waals surface area (Å²) >= 11 is 6.44. The van der Waals surface area contributed by atoms with Crippen LogP contribution in [0.25, 0.3) is 11.6 Å². The molecular formula is C25H29ClN8O3. The van der Waals surface area contributed by atoms with E-state index in [2.05, 4.69) is 25.3 Å². The SMILES string of the molecule is COc1c(C)cnc(CN2C(=O)/C(=C/c3cc(C(=O)NCCN(C)C)c[nH]3)c3c(Cl)nc(N)nc32)c1C. The third-order valence-electron chi connectivity index (χ3n) is 6.03. The molecule has 0 saturated carbocycles. The van der Waals surface area contributed by atoms with Crippen molar-refractivity contribution in [3.8, 4) is 5.75 Å². The van der Waals surface area contributed by atoms with E-state index in [4.69, 9.17) is 22.1 Å². The Bertz CT molecular complexity index is 1400. The van der Waals surface area contributed by atoms with Crippen LogP contribution in [0, 0.1) is 13.8 Å². The van der Waals surface area contributed by atoms with Gasteiger partial charge < -0.3 is 25.7 Å². The van der Waals surface area contributed by atoms with Crippen molar-refractivity contribution < 1.29 is 14.3 Å². The first kappa shape index (κ1) is 26.1. The molecule has 0 aliphatic carbocycles. The Hall–Kier alpha value is -3.96. The van der Waals surface area contributed by atoms with Crippen LogP contribution in [0.2, 0.25) is 5.15 Å². The van der Waals surface area contributed by atoms with Crippen molar-refractivity contribution in [2.75, 3.05) is 44.9 Å². The normalized spacial score (nSPS) is 14.0. The van der Waals surface area contributed by atoms with Gasteiger partial charge in [-0.2, -0.15) is 4.98 Å². The maximum absolute atomic E-state index is 13.6. The second-order valence-electron chi connectivity index (χ2n) is 8.97. The van der Waals surface area contributed by atoms with Crippen molar-refractivity contribution in [3.63, 3.8) is 0 Å². The molecule has 0 bridgehead atoms. The van der Waals surface area contributed by atoms with Gasteiger partial charge in [-0.3, -0.25) is 19.5 Å². The number of nitrogen functional groups attached to an aromatic ring is 1. The van der Waals surface area contributed by atoms with Crippen LogP contribution in [0.15, 0.2) is 18.5 Å². The number of methoxy groups -OCH3 is 1. The number of aromatic amines is 1. The summed E-state index contributed by atoms with van der Waals surface area (Å²) in [5.41, 5.74) is 9.85.